The lowest BCUT2D eigenvalue weighted by molar-refractivity contribution is -0.144. The van der Waals surface area contributed by atoms with Gasteiger partial charge in [0, 0.05) is 44.8 Å². The molecule has 0 spiro atoms. The number of nitrogens with one attached hydrogen (secondary N) is 3. The minimum atomic E-state index is -4.49. The normalized spacial score (nSPS) is 17.0. The third kappa shape index (κ3) is 9.46. The summed E-state index contributed by atoms with van der Waals surface area (Å²) in [4.78, 5) is 42.9. The molecule has 1 saturated carbocycles. The average Bonchev–Trinajstić information content (AvgIpc) is 3.41. The number of rotatable bonds is 12. The topological polar surface area (TPSA) is 127 Å². The highest BCUT2D eigenvalue weighted by Crippen LogP contribution is 2.38. The summed E-state index contributed by atoms with van der Waals surface area (Å²) < 4.78 is 72.0. The van der Waals surface area contributed by atoms with Crippen LogP contribution in [0, 0.1) is 5.92 Å². The van der Waals surface area contributed by atoms with E-state index in [-0.39, 0.29) is 37.0 Å². The first kappa shape index (κ1) is 32.9. The van der Waals surface area contributed by atoms with Crippen LogP contribution in [-0.4, -0.2) is 64.3 Å². The number of hydrogen-bond acceptors (Lipinski definition) is 6. The summed E-state index contributed by atoms with van der Waals surface area (Å²) in [7, 11) is 1.35. The first-order chi connectivity index (χ1) is 19.7. The fourth-order valence-electron chi connectivity index (χ4n) is 4.76. The van der Waals surface area contributed by atoms with Crippen LogP contribution < -0.4 is 16.0 Å². The van der Waals surface area contributed by atoms with Crippen LogP contribution in [0.5, 0.6) is 0 Å². The second kappa shape index (κ2) is 14.0. The predicted octanol–water partition coefficient (Wildman–Crippen LogP) is 4.57. The van der Waals surface area contributed by atoms with E-state index in [0.717, 1.165) is 0 Å². The Balaban J connectivity index is 1.79. The summed E-state index contributed by atoms with van der Waals surface area (Å²) in [6.45, 7) is 3.57. The molecule has 232 valence electrons. The molecule has 2 atom stereocenters. The maximum atomic E-state index is 13.9. The summed E-state index contributed by atoms with van der Waals surface area (Å²) >= 11 is 0. The Morgan fingerprint density at radius 1 is 1.12 bits per heavy atom. The van der Waals surface area contributed by atoms with Crippen molar-refractivity contribution in [2.45, 2.75) is 82.6 Å². The molecule has 42 heavy (non-hydrogen) atoms. The molecule has 0 radical (unpaired) electrons. The van der Waals surface area contributed by atoms with Gasteiger partial charge in [-0.15, -0.1) is 0 Å². The highest BCUT2D eigenvalue weighted by molar-refractivity contribution is 6.00. The van der Waals surface area contributed by atoms with Gasteiger partial charge in [-0.3, -0.25) is 19.1 Å². The maximum Gasteiger partial charge on any atom is 0.389 e. The summed E-state index contributed by atoms with van der Waals surface area (Å²) in [5.41, 5.74) is 0.592. The van der Waals surface area contributed by atoms with Crippen molar-refractivity contribution in [1.29, 1.82) is 0 Å². The zero-order valence-electron chi connectivity index (χ0n) is 23.5. The Bertz CT molecular complexity index is 1230. The number of anilines is 1. The number of aromatic nitrogens is 3. The number of halogens is 5. The minimum absolute atomic E-state index is 0.00213. The van der Waals surface area contributed by atoms with Crippen LogP contribution in [0.15, 0.2) is 30.6 Å². The number of carbonyl (C=O) groups excluding carboxylic acids is 3. The third-order valence-corrected chi connectivity index (χ3v) is 6.94. The second-order valence-corrected chi connectivity index (χ2v) is 10.6. The van der Waals surface area contributed by atoms with Crippen molar-refractivity contribution in [3.63, 3.8) is 0 Å². The van der Waals surface area contributed by atoms with Crippen LogP contribution in [0.4, 0.5) is 27.8 Å². The highest BCUT2D eigenvalue weighted by Gasteiger charge is 2.41. The molecule has 1 aliphatic carbocycles. The van der Waals surface area contributed by atoms with Gasteiger partial charge in [-0.1, -0.05) is 0 Å². The molecule has 3 amide bonds. The Kier molecular flexibility index (Phi) is 11.0. The molecule has 1 unspecified atom stereocenters. The lowest BCUT2D eigenvalue weighted by atomic mass is 9.81. The van der Waals surface area contributed by atoms with Crippen molar-refractivity contribution in [1.82, 2.24) is 25.4 Å². The number of alkyl halides is 5. The van der Waals surface area contributed by atoms with E-state index in [2.05, 4.69) is 26.0 Å². The molecule has 2 aromatic rings. The van der Waals surface area contributed by atoms with E-state index < -0.39 is 73.5 Å². The van der Waals surface area contributed by atoms with E-state index in [4.69, 9.17) is 4.74 Å². The van der Waals surface area contributed by atoms with Gasteiger partial charge < -0.3 is 20.7 Å². The molecule has 15 heteroatoms. The van der Waals surface area contributed by atoms with E-state index in [9.17, 15) is 36.3 Å². The number of amides is 3. The molecule has 1 fully saturated rings. The molecular weight excluding hydrogens is 567 g/mol. The first-order valence-electron chi connectivity index (χ1n) is 13.5. The predicted molar refractivity (Wildman–Crippen MR) is 142 cm³/mol. The zero-order chi connectivity index (χ0) is 31.1. The monoisotopic (exact) mass is 602 g/mol. The van der Waals surface area contributed by atoms with Gasteiger partial charge in [0.05, 0.1) is 19.1 Å². The standard InChI is InChI=1S/C27H35F5N6O4/c1-16(2)38-20(8-13-34-38)24(40)37-23(17-4-9-26(28,29)10-5-17)25(41)36-21-14-18(7-12-33-21)19(15-42-3)35-22(39)6-11-27(30,31)32/h7-8,12-14,16-17,19,23H,4-6,9-11,15H2,1-3H3,(H,35,39)(H,37,40)(H,33,36,41)/t19?,23-/m0/s1. The van der Waals surface area contributed by atoms with Gasteiger partial charge in [0.2, 0.25) is 17.7 Å². The lowest BCUT2D eigenvalue weighted by Crippen LogP contribution is -2.50. The molecule has 10 nitrogen and oxygen atoms in total. The average molecular weight is 603 g/mol. The van der Waals surface area contributed by atoms with E-state index in [0.29, 0.717) is 5.56 Å². The summed E-state index contributed by atoms with van der Waals surface area (Å²) in [5, 5.41) is 11.9. The van der Waals surface area contributed by atoms with Gasteiger partial charge in [-0.25, -0.2) is 13.8 Å². The SMILES string of the molecule is COCC(NC(=O)CCC(F)(F)F)c1ccnc(NC(=O)[C@@H](NC(=O)c2ccnn2C(C)C)C2CCC(F)(F)CC2)c1. The number of pyridine rings is 1. The van der Waals surface area contributed by atoms with Crippen LogP contribution in [0.25, 0.3) is 0 Å². The number of hydrogen-bond donors (Lipinski definition) is 3. The number of carbonyl (C=O) groups is 3. The molecule has 0 saturated heterocycles. The van der Waals surface area contributed by atoms with Crippen LogP contribution in [0.3, 0.4) is 0 Å². The van der Waals surface area contributed by atoms with E-state index in [1.54, 1.807) is 0 Å². The minimum Gasteiger partial charge on any atom is -0.382 e. The number of methoxy groups -OCH3 is 1. The summed E-state index contributed by atoms with van der Waals surface area (Å²) in [5.74, 6) is -5.53. The summed E-state index contributed by atoms with van der Waals surface area (Å²) in [6.07, 6.45) is -4.63. The molecular formula is C27H35F5N6O4. The van der Waals surface area contributed by atoms with Crippen molar-refractivity contribution >= 4 is 23.5 Å². The Morgan fingerprint density at radius 2 is 1.81 bits per heavy atom. The molecule has 3 N–H and O–H groups in total. The van der Waals surface area contributed by atoms with Crippen molar-refractivity contribution in [3.8, 4) is 0 Å². The smallest absolute Gasteiger partial charge is 0.382 e. The molecule has 2 aromatic heterocycles. The number of nitrogens with zero attached hydrogens (tertiary/aromatic N) is 3. The molecule has 2 heterocycles. The molecule has 0 bridgehead atoms. The van der Waals surface area contributed by atoms with Gasteiger partial charge in [-0.2, -0.15) is 18.3 Å². The first-order valence-corrected chi connectivity index (χ1v) is 13.5. The van der Waals surface area contributed by atoms with Crippen molar-refractivity contribution < 1.29 is 41.1 Å². The van der Waals surface area contributed by atoms with E-state index in [1.807, 2.05) is 13.8 Å². The lowest BCUT2D eigenvalue weighted by Gasteiger charge is -2.33. The van der Waals surface area contributed by atoms with Crippen LogP contribution in [0.2, 0.25) is 0 Å². The largest absolute Gasteiger partial charge is 0.389 e. The Hall–Kier alpha value is -3.62. The van der Waals surface area contributed by atoms with Crippen molar-refractivity contribution in [3.05, 3.63) is 41.9 Å². The summed E-state index contributed by atoms with van der Waals surface area (Å²) in [6, 6.07) is 2.23. The highest BCUT2D eigenvalue weighted by atomic mass is 19.4. The van der Waals surface area contributed by atoms with Gasteiger partial charge in [0.15, 0.2) is 0 Å². The van der Waals surface area contributed by atoms with Gasteiger partial charge in [0.1, 0.15) is 17.6 Å². The van der Waals surface area contributed by atoms with Crippen LogP contribution >= 0.6 is 0 Å². The third-order valence-electron chi connectivity index (χ3n) is 6.94. The Morgan fingerprint density at radius 3 is 2.43 bits per heavy atom. The molecule has 0 aromatic carbocycles. The van der Waals surface area contributed by atoms with Gasteiger partial charge in [-0.05, 0) is 56.4 Å². The molecule has 3 rings (SSSR count). The van der Waals surface area contributed by atoms with Crippen LogP contribution in [-0.2, 0) is 14.3 Å². The van der Waals surface area contributed by atoms with Crippen LogP contribution in [0.1, 0.15) is 80.5 Å². The molecule has 0 aliphatic heterocycles. The van der Waals surface area contributed by atoms with E-state index >= 15 is 0 Å². The number of ether oxygens (including phenoxy) is 1. The Labute approximate surface area is 239 Å². The van der Waals surface area contributed by atoms with Gasteiger partial charge >= 0.3 is 6.18 Å². The quantitative estimate of drug-likeness (QED) is 0.306. The fraction of sp³-hybridized carbons (Fsp3) is 0.593. The molecule has 1 aliphatic rings. The fourth-order valence-corrected chi connectivity index (χ4v) is 4.76. The zero-order valence-corrected chi connectivity index (χ0v) is 23.5. The van der Waals surface area contributed by atoms with Crippen molar-refractivity contribution in [2.24, 2.45) is 5.92 Å². The van der Waals surface area contributed by atoms with Crippen molar-refractivity contribution in [2.75, 3.05) is 19.0 Å². The van der Waals surface area contributed by atoms with E-state index in [1.165, 1.54) is 42.4 Å². The second-order valence-electron chi connectivity index (χ2n) is 10.6. The maximum absolute atomic E-state index is 13.9. The van der Waals surface area contributed by atoms with Gasteiger partial charge in [0.25, 0.3) is 5.91 Å².